The highest BCUT2D eigenvalue weighted by Gasteiger charge is 2.06. The predicted molar refractivity (Wildman–Crippen MR) is 78.6 cm³/mol. The molecule has 96 valence electrons. The average Bonchev–Trinajstić information content (AvgIpc) is 2.30. The van der Waals surface area contributed by atoms with Crippen LogP contribution in [0, 0.1) is 5.92 Å². The summed E-state index contributed by atoms with van der Waals surface area (Å²) in [5.41, 5.74) is 1.43. The summed E-state index contributed by atoms with van der Waals surface area (Å²) in [4.78, 5) is 1.43. The topological polar surface area (TPSA) is 12.0 Å². The third-order valence-corrected chi connectivity index (χ3v) is 4.13. The fourth-order valence-electron chi connectivity index (χ4n) is 1.56. The lowest BCUT2D eigenvalue weighted by atomic mass is 10.2. The van der Waals surface area contributed by atoms with Crippen molar-refractivity contribution in [3.05, 3.63) is 29.8 Å². The molecule has 17 heavy (non-hydrogen) atoms. The largest absolute Gasteiger partial charge is 0.312 e. The van der Waals surface area contributed by atoms with E-state index in [9.17, 15) is 0 Å². The van der Waals surface area contributed by atoms with Crippen molar-refractivity contribution < 1.29 is 0 Å². The molecule has 1 aromatic carbocycles. The second kappa shape index (κ2) is 7.78. The van der Waals surface area contributed by atoms with Crippen molar-refractivity contribution in [3.63, 3.8) is 0 Å². The molecule has 0 fully saturated rings. The van der Waals surface area contributed by atoms with Crippen LogP contribution in [0.3, 0.4) is 0 Å². The SMILES string of the molecule is CCC(C)Sc1ccccc1CNCC(C)C. The van der Waals surface area contributed by atoms with Crippen LogP contribution in [0.15, 0.2) is 29.2 Å². The lowest BCUT2D eigenvalue weighted by Crippen LogP contribution is -2.19. The zero-order valence-electron chi connectivity index (χ0n) is 11.5. The van der Waals surface area contributed by atoms with Crippen molar-refractivity contribution in [2.45, 2.75) is 50.8 Å². The van der Waals surface area contributed by atoms with Crippen LogP contribution < -0.4 is 5.32 Å². The van der Waals surface area contributed by atoms with E-state index in [0.717, 1.165) is 13.1 Å². The lowest BCUT2D eigenvalue weighted by molar-refractivity contribution is 0.550. The molecule has 0 saturated heterocycles. The van der Waals surface area contributed by atoms with Crippen molar-refractivity contribution in [1.29, 1.82) is 0 Å². The molecule has 0 aliphatic rings. The third kappa shape index (κ3) is 5.60. The Bertz CT molecular complexity index is 322. The maximum Gasteiger partial charge on any atom is 0.0216 e. The summed E-state index contributed by atoms with van der Waals surface area (Å²) < 4.78 is 0. The quantitative estimate of drug-likeness (QED) is 0.724. The summed E-state index contributed by atoms with van der Waals surface area (Å²) in [6.07, 6.45) is 1.22. The van der Waals surface area contributed by atoms with Gasteiger partial charge < -0.3 is 5.32 Å². The van der Waals surface area contributed by atoms with E-state index in [-0.39, 0.29) is 0 Å². The second-order valence-corrected chi connectivity index (χ2v) is 6.45. The van der Waals surface area contributed by atoms with E-state index in [4.69, 9.17) is 0 Å². The standard InChI is InChI=1S/C15H25NS/c1-5-13(4)17-15-9-7-6-8-14(15)11-16-10-12(2)3/h6-9,12-13,16H,5,10-11H2,1-4H3. The van der Waals surface area contributed by atoms with Gasteiger partial charge in [-0.1, -0.05) is 45.9 Å². The van der Waals surface area contributed by atoms with Crippen LogP contribution in [0.5, 0.6) is 0 Å². The van der Waals surface area contributed by atoms with Crippen LogP contribution in [0.2, 0.25) is 0 Å². The zero-order valence-corrected chi connectivity index (χ0v) is 12.3. The van der Waals surface area contributed by atoms with Gasteiger partial charge in [0, 0.05) is 16.7 Å². The van der Waals surface area contributed by atoms with Crippen molar-refractivity contribution >= 4 is 11.8 Å². The van der Waals surface area contributed by atoms with Crippen molar-refractivity contribution in [1.82, 2.24) is 5.32 Å². The Morgan fingerprint density at radius 2 is 1.88 bits per heavy atom. The Morgan fingerprint density at radius 1 is 1.18 bits per heavy atom. The number of nitrogens with one attached hydrogen (secondary N) is 1. The third-order valence-electron chi connectivity index (χ3n) is 2.74. The van der Waals surface area contributed by atoms with Gasteiger partial charge in [-0.3, -0.25) is 0 Å². The molecule has 1 N–H and O–H groups in total. The summed E-state index contributed by atoms with van der Waals surface area (Å²) in [5.74, 6) is 0.712. The summed E-state index contributed by atoms with van der Waals surface area (Å²) in [7, 11) is 0. The van der Waals surface area contributed by atoms with Gasteiger partial charge in [-0.2, -0.15) is 0 Å². The Hall–Kier alpha value is -0.470. The summed E-state index contributed by atoms with van der Waals surface area (Å²) in [5, 5.41) is 4.22. The molecule has 2 heteroatoms. The van der Waals surface area contributed by atoms with Crippen LogP contribution in [0.1, 0.15) is 39.7 Å². The summed E-state index contributed by atoms with van der Waals surface area (Å²) in [6.45, 7) is 11.1. The molecule has 1 nitrogen and oxygen atoms in total. The van der Waals surface area contributed by atoms with Gasteiger partial charge in [-0.05, 0) is 30.5 Å². The van der Waals surface area contributed by atoms with E-state index in [1.54, 1.807) is 0 Å². The van der Waals surface area contributed by atoms with E-state index >= 15 is 0 Å². The van der Waals surface area contributed by atoms with Crippen LogP contribution in [0.4, 0.5) is 0 Å². The molecule has 1 aromatic rings. The van der Waals surface area contributed by atoms with Gasteiger partial charge in [0.05, 0.1) is 0 Å². The number of benzene rings is 1. The number of thioether (sulfide) groups is 1. The van der Waals surface area contributed by atoms with Gasteiger partial charge in [0.2, 0.25) is 0 Å². The molecule has 1 unspecified atom stereocenters. The summed E-state index contributed by atoms with van der Waals surface area (Å²) >= 11 is 1.99. The highest BCUT2D eigenvalue weighted by atomic mass is 32.2. The first kappa shape index (κ1) is 14.6. The fraction of sp³-hybridized carbons (Fsp3) is 0.600. The molecule has 0 spiro atoms. The van der Waals surface area contributed by atoms with E-state index < -0.39 is 0 Å². The minimum Gasteiger partial charge on any atom is -0.312 e. The molecule has 0 saturated carbocycles. The van der Waals surface area contributed by atoms with Crippen LogP contribution in [-0.4, -0.2) is 11.8 Å². The number of hydrogen-bond donors (Lipinski definition) is 1. The maximum absolute atomic E-state index is 3.52. The van der Waals surface area contributed by atoms with Crippen molar-refractivity contribution in [2.24, 2.45) is 5.92 Å². The zero-order chi connectivity index (χ0) is 12.7. The molecule has 0 radical (unpaired) electrons. The number of hydrogen-bond acceptors (Lipinski definition) is 2. The van der Waals surface area contributed by atoms with Crippen LogP contribution >= 0.6 is 11.8 Å². The van der Waals surface area contributed by atoms with Gasteiger partial charge in [0.15, 0.2) is 0 Å². The minimum atomic E-state index is 0.696. The molecular weight excluding hydrogens is 226 g/mol. The van der Waals surface area contributed by atoms with Crippen molar-refractivity contribution in [3.8, 4) is 0 Å². The van der Waals surface area contributed by atoms with Crippen molar-refractivity contribution in [2.75, 3.05) is 6.54 Å². The van der Waals surface area contributed by atoms with E-state index in [1.165, 1.54) is 16.9 Å². The molecule has 1 rings (SSSR count). The fourth-order valence-corrected chi connectivity index (χ4v) is 2.61. The second-order valence-electron chi connectivity index (χ2n) is 4.97. The first-order valence-corrected chi connectivity index (χ1v) is 7.46. The monoisotopic (exact) mass is 251 g/mol. The Kier molecular flexibility index (Phi) is 6.68. The molecule has 0 bridgehead atoms. The molecular formula is C15H25NS. The highest BCUT2D eigenvalue weighted by Crippen LogP contribution is 2.28. The molecule has 0 heterocycles. The van der Waals surface area contributed by atoms with Crippen LogP contribution in [-0.2, 0) is 6.54 Å². The Morgan fingerprint density at radius 3 is 2.53 bits per heavy atom. The van der Waals surface area contributed by atoms with Gasteiger partial charge in [-0.15, -0.1) is 11.8 Å². The first-order valence-electron chi connectivity index (χ1n) is 6.58. The molecule has 0 aliphatic heterocycles. The lowest BCUT2D eigenvalue weighted by Gasteiger charge is -2.14. The number of rotatable bonds is 7. The maximum atomic E-state index is 3.52. The van der Waals surface area contributed by atoms with E-state index in [1.807, 2.05) is 11.8 Å². The van der Waals surface area contributed by atoms with Gasteiger partial charge in [0.1, 0.15) is 0 Å². The molecule has 0 aromatic heterocycles. The normalized spacial score (nSPS) is 13.0. The Balaban J connectivity index is 2.57. The molecule has 1 atom stereocenters. The molecule has 0 amide bonds. The van der Waals surface area contributed by atoms with E-state index in [0.29, 0.717) is 11.2 Å². The van der Waals surface area contributed by atoms with Gasteiger partial charge in [-0.25, -0.2) is 0 Å². The Labute approximate surface area is 110 Å². The minimum absolute atomic E-state index is 0.696. The smallest absolute Gasteiger partial charge is 0.0216 e. The molecule has 0 aliphatic carbocycles. The average molecular weight is 251 g/mol. The van der Waals surface area contributed by atoms with E-state index in [2.05, 4.69) is 57.3 Å². The van der Waals surface area contributed by atoms with Gasteiger partial charge >= 0.3 is 0 Å². The van der Waals surface area contributed by atoms with Gasteiger partial charge in [0.25, 0.3) is 0 Å². The highest BCUT2D eigenvalue weighted by molar-refractivity contribution is 8.00. The summed E-state index contributed by atoms with van der Waals surface area (Å²) in [6, 6.07) is 8.74. The predicted octanol–water partition coefficient (Wildman–Crippen LogP) is 4.32. The first-order chi connectivity index (χ1) is 8.13. The van der Waals surface area contributed by atoms with Crippen LogP contribution in [0.25, 0.3) is 0 Å².